The molecule has 0 radical (unpaired) electrons. The molecule has 2 N–H and O–H groups in total. The van der Waals surface area contributed by atoms with Crippen LogP contribution in [0.1, 0.15) is 67.2 Å². The molecular weight excluding hydrogens is 404 g/mol. The third-order valence-corrected chi connectivity index (χ3v) is 5.16. The smallest absolute Gasteiger partial charge is 0.339 e. The molecule has 0 aliphatic heterocycles. The zero-order valence-corrected chi connectivity index (χ0v) is 19.3. The predicted octanol–water partition coefficient (Wildman–Crippen LogP) is 4.49. The number of hydrogen-bond donors (Lipinski definition) is 2. The van der Waals surface area contributed by atoms with Gasteiger partial charge in [-0.05, 0) is 49.9 Å². The maximum Gasteiger partial charge on any atom is 0.339 e. The Balaban J connectivity index is 1.89. The monoisotopic (exact) mass is 436 g/mol. The fourth-order valence-corrected chi connectivity index (χ4v) is 3.71. The van der Waals surface area contributed by atoms with Crippen LogP contribution in [0.3, 0.4) is 0 Å². The molecule has 3 rings (SSSR count). The third kappa shape index (κ3) is 5.44. The van der Waals surface area contributed by atoms with Crippen molar-refractivity contribution in [3.05, 3.63) is 76.9 Å². The van der Waals surface area contributed by atoms with E-state index in [0.717, 1.165) is 35.4 Å². The van der Waals surface area contributed by atoms with E-state index in [2.05, 4.69) is 11.9 Å². The molecule has 1 heterocycles. The molecular formula is C26H32N2O4. The van der Waals surface area contributed by atoms with Gasteiger partial charge in [0.25, 0.3) is 0 Å². The van der Waals surface area contributed by atoms with Crippen molar-refractivity contribution in [3.8, 4) is 11.1 Å². The SMILES string of the molecule is CCCc1nc(CO)c(CO)n1Cc1ccc(-c2ccccc2C(=O)OC(C)(C)C)cc1. The van der Waals surface area contributed by atoms with E-state index in [1.54, 1.807) is 6.07 Å². The normalized spacial score (nSPS) is 11.6. The van der Waals surface area contributed by atoms with Gasteiger partial charge >= 0.3 is 5.97 Å². The van der Waals surface area contributed by atoms with Gasteiger partial charge in [0.1, 0.15) is 11.4 Å². The number of nitrogens with zero attached hydrogens (tertiary/aromatic N) is 2. The van der Waals surface area contributed by atoms with Gasteiger partial charge in [-0.25, -0.2) is 9.78 Å². The zero-order valence-electron chi connectivity index (χ0n) is 19.3. The number of hydrogen-bond acceptors (Lipinski definition) is 5. The van der Waals surface area contributed by atoms with Crippen LogP contribution in [0.25, 0.3) is 11.1 Å². The molecule has 0 saturated heterocycles. The maximum absolute atomic E-state index is 12.7. The van der Waals surface area contributed by atoms with Gasteiger partial charge in [0.15, 0.2) is 0 Å². The lowest BCUT2D eigenvalue weighted by atomic mass is 9.98. The lowest BCUT2D eigenvalue weighted by molar-refractivity contribution is 0.00704. The summed E-state index contributed by atoms with van der Waals surface area (Å²) >= 11 is 0. The van der Waals surface area contributed by atoms with Gasteiger partial charge in [0, 0.05) is 13.0 Å². The average Bonchev–Trinajstić information content (AvgIpc) is 3.09. The molecule has 0 bridgehead atoms. The lowest BCUT2D eigenvalue weighted by Crippen LogP contribution is -2.24. The van der Waals surface area contributed by atoms with Gasteiger partial charge in [0.2, 0.25) is 0 Å². The largest absolute Gasteiger partial charge is 0.456 e. The molecule has 6 heteroatoms. The van der Waals surface area contributed by atoms with Gasteiger partial charge in [-0.1, -0.05) is 49.4 Å². The van der Waals surface area contributed by atoms with Crippen LogP contribution in [-0.2, 0) is 30.9 Å². The van der Waals surface area contributed by atoms with Crippen molar-refractivity contribution < 1.29 is 19.7 Å². The average molecular weight is 437 g/mol. The van der Waals surface area contributed by atoms with Crippen LogP contribution in [0.4, 0.5) is 0 Å². The van der Waals surface area contributed by atoms with Crippen molar-refractivity contribution in [2.24, 2.45) is 0 Å². The summed E-state index contributed by atoms with van der Waals surface area (Å²) in [7, 11) is 0. The number of benzene rings is 2. The Hall–Kier alpha value is -2.96. The maximum atomic E-state index is 12.7. The highest BCUT2D eigenvalue weighted by Crippen LogP contribution is 2.27. The van der Waals surface area contributed by atoms with Crippen molar-refractivity contribution in [2.75, 3.05) is 0 Å². The van der Waals surface area contributed by atoms with E-state index in [1.165, 1.54) is 0 Å². The second-order valence-corrected chi connectivity index (χ2v) is 8.82. The quantitative estimate of drug-likeness (QED) is 0.508. The summed E-state index contributed by atoms with van der Waals surface area (Å²) in [5.41, 5.74) is 3.93. The summed E-state index contributed by atoms with van der Waals surface area (Å²) in [6, 6.07) is 15.4. The molecule has 2 aromatic carbocycles. The first-order valence-corrected chi connectivity index (χ1v) is 11.0. The van der Waals surface area contributed by atoms with Crippen LogP contribution < -0.4 is 0 Å². The molecule has 170 valence electrons. The fourth-order valence-electron chi connectivity index (χ4n) is 3.71. The number of esters is 1. The Labute approximate surface area is 189 Å². The number of rotatable bonds is 8. The molecule has 0 amide bonds. The molecule has 0 aliphatic carbocycles. The van der Waals surface area contributed by atoms with E-state index in [0.29, 0.717) is 23.5 Å². The van der Waals surface area contributed by atoms with Crippen LogP contribution in [0.2, 0.25) is 0 Å². The number of aliphatic hydroxyl groups is 2. The van der Waals surface area contributed by atoms with Crippen LogP contribution >= 0.6 is 0 Å². The zero-order chi connectivity index (χ0) is 23.3. The molecule has 0 saturated carbocycles. The molecule has 6 nitrogen and oxygen atoms in total. The predicted molar refractivity (Wildman–Crippen MR) is 124 cm³/mol. The summed E-state index contributed by atoms with van der Waals surface area (Å²) in [6.07, 6.45) is 1.70. The molecule has 3 aromatic rings. The van der Waals surface area contributed by atoms with Crippen LogP contribution in [-0.4, -0.2) is 31.3 Å². The second-order valence-electron chi connectivity index (χ2n) is 8.82. The van der Waals surface area contributed by atoms with Crippen molar-refractivity contribution in [1.82, 2.24) is 9.55 Å². The summed E-state index contributed by atoms with van der Waals surface area (Å²) in [5, 5.41) is 19.4. The number of imidazole rings is 1. The number of carbonyl (C=O) groups excluding carboxylic acids is 1. The lowest BCUT2D eigenvalue weighted by Gasteiger charge is -2.20. The van der Waals surface area contributed by atoms with Crippen molar-refractivity contribution in [2.45, 2.75) is 65.9 Å². The van der Waals surface area contributed by atoms with Gasteiger partial charge in [-0.3, -0.25) is 0 Å². The van der Waals surface area contributed by atoms with Gasteiger partial charge < -0.3 is 19.5 Å². The first-order chi connectivity index (χ1) is 15.3. The minimum Gasteiger partial charge on any atom is -0.456 e. The minimum atomic E-state index is -0.563. The summed E-state index contributed by atoms with van der Waals surface area (Å²) in [6.45, 7) is 7.82. The van der Waals surface area contributed by atoms with Crippen molar-refractivity contribution in [1.29, 1.82) is 0 Å². The van der Waals surface area contributed by atoms with Crippen LogP contribution in [0.15, 0.2) is 48.5 Å². The van der Waals surface area contributed by atoms with Gasteiger partial charge in [0.05, 0.1) is 30.2 Å². The Bertz CT molecular complexity index is 1060. The Morgan fingerprint density at radius 3 is 2.31 bits per heavy atom. The fraction of sp³-hybridized carbons (Fsp3) is 0.385. The molecule has 0 spiro atoms. The van der Waals surface area contributed by atoms with Crippen LogP contribution in [0.5, 0.6) is 0 Å². The van der Waals surface area contributed by atoms with Gasteiger partial charge in [-0.15, -0.1) is 0 Å². The van der Waals surface area contributed by atoms with E-state index >= 15 is 0 Å². The number of aromatic nitrogens is 2. The summed E-state index contributed by atoms with van der Waals surface area (Å²) in [4.78, 5) is 17.2. The standard InChI is InChI=1S/C26H32N2O4/c1-5-8-24-27-22(16-29)23(17-30)28(24)15-18-11-13-19(14-12-18)20-9-6-7-10-21(20)25(31)32-26(2,3)4/h6-7,9-14,29-30H,5,8,15-17H2,1-4H3. The van der Waals surface area contributed by atoms with Crippen molar-refractivity contribution >= 4 is 5.97 Å². The molecule has 32 heavy (non-hydrogen) atoms. The van der Waals surface area contributed by atoms with Crippen molar-refractivity contribution in [3.63, 3.8) is 0 Å². The van der Waals surface area contributed by atoms with E-state index in [1.807, 2.05) is 67.8 Å². The Kier molecular flexibility index (Phi) is 7.48. The number of aliphatic hydroxyl groups excluding tert-OH is 2. The highest BCUT2D eigenvalue weighted by molar-refractivity contribution is 5.97. The first-order valence-electron chi connectivity index (χ1n) is 11.0. The molecule has 0 fully saturated rings. The molecule has 0 atom stereocenters. The topological polar surface area (TPSA) is 84.6 Å². The first kappa shape index (κ1) is 23.7. The Morgan fingerprint density at radius 1 is 1.03 bits per heavy atom. The van der Waals surface area contributed by atoms with E-state index in [-0.39, 0.29) is 19.2 Å². The van der Waals surface area contributed by atoms with E-state index in [4.69, 9.17) is 4.74 Å². The summed E-state index contributed by atoms with van der Waals surface area (Å²) < 4.78 is 7.55. The molecule has 1 aromatic heterocycles. The minimum absolute atomic E-state index is 0.173. The highest BCUT2D eigenvalue weighted by Gasteiger charge is 2.21. The van der Waals surface area contributed by atoms with Gasteiger partial charge in [-0.2, -0.15) is 0 Å². The Morgan fingerprint density at radius 2 is 1.72 bits per heavy atom. The number of ether oxygens (including phenoxy) is 1. The van der Waals surface area contributed by atoms with Crippen LogP contribution in [0, 0.1) is 0 Å². The summed E-state index contributed by atoms with van der Waals surface area (Å²) in [5.74, 6) is 0.517. The highest BCUT2D eigenvalue weighted by atomic mass is 16.6. The number of aryl methyl sites for hydroxylation is 1. The van der Waals surface area contributed by atoms with E-state index < -0.39 is 5.60 Å². The molecule has 0 unspecified atom stereocenters. The number of carbonyl (C=O) groups is 1. The molecule has 0 aliphatic rings. The third-order valence-electron chi connectivity index (χ3n) is 5.16. The second kappa shape index (κ2) is 10.1. The van der Waals surface area contributed by atoms with E-state index in [9.17, 15) is 15.0 Å².